The first-order valence-corrected chi connectivity index (χ1v) is 19.5. The molecule has 0 unspecified atom stereocenters. The van der Waals surface area contributed by atoms with Crippen LogP contribution in [-0.2, 0) is 0 Å². The summed E-state index contributed by atoms with van der Waals surface area (Å²) in [6.07, 6.45) is 6.68. The van der Waals surface area contributed by atoms with Gasteiger partial charge in [-0.15, -0.1) is 0 Å². The number of hydrogen-bond donors (Lipinski definition) is 4. The minimum absolute atomic E-state index is 0.0566. The molecule has 0 saturated heterocycles. The van der Waals surface area contributed by atoms with Gasteiger partial charge in [0.15, 0.2) is 11.6 Å². The highest BCUT2D eigenvalue weighted by atomic mass is 16.2. The molecule has 2 aromatic carbocycles. The number of anilines is 2. The fraction of sp³-hybridized carbons (Fsp3) is 0.378. The van der Waals surface area contributed by atoms with Gasteiger partial charge in [0.2, 0.25) is 0 Å². The van der Waals surface area contributed by atoms with E-state index in [9.17, 15) is 19.2 Å². The van der Waals surface area contributed by atoms with E-state index in [0.29, 0.717) is 58.8 Å². The number of hydrogen-bond acceptors (Lipinski definition) is 10. The molecule has 2 amide bonds. The molecule has 0 fully saturated rings. The minimum atomic E-state index is -0.0671. The average molecular weight is 775 g/mol. The number of aromatic nitrogens is 2. The first-order valence-electron chi connectivity index (χ1n) is 19.5. The quantitative estimate of drug-likeness (QED) is 0.0443. The van der Waals surface area contributed by atoms with E-state index in [1.54, 1.807) is 67.1 Å². The molecule has 302 valence electrons. The van der Waals surface area contributed by atoms with E-state index in [1.165, 1.54) is 0 Å². The van der Waals surface area contributed by atoms with Crippen molar-refractivity contribution in [3.63, 3.8) is 0 Å². The maximum absolute atomic E-state index is 12.1. The van der Waals surface area contributed by atoms with Crippen LogP contribution in [0.4, 0.5) is 11.6 Å². The van der Waals surface area contributed by atoms with Crippen LogP contribution in [0.15, 0.2) is 95.4 Å². The SMILES string of the molecule is C/C(=N\Nc1ccc(C(=O)C(C)C)cn1)c1ccc(C(=O)NCCC(C)C)cc1.CC(C)CCNC(=O)c1ccc(/C=N/Nc2ccc(C(=O)C(C)C)cn2)cc1. The zero-order valence-corrected chi connectivity index (χ0v) is 34.7. The molecule has 4 rings (SSSR count). The number of hydrazone groups is 2. The molecule has 57 heavy (non-hydrogen) atoms. The Morgan fingerprint density at radius 1 is 0.561 bits per heavy atom. The van der Waals surface area contributed by atoms with Gasteiger partial charge < -0.3 is 10.6 Å². The number of pyridine rings is 2. The van der Waals surface area contributed by atoms with Crippen molar-refractivity contribution in [3.05, 3.63) is 119 Å². The van der Waals surface area contributed by atoms with Crippen LogP contribution >= 0.6 is 0 Å². The zero-order chi connectivity index (χ0) is 41.9. The van der Waals surface area contributed by atoms with Crippen LogP contribution in [0.3, 0.4) is 0 Å². The first kappa shape index (κ1) is 45.4. The summed E-state index contributed by atoms with van der Waals surface area (Å²) in [5, 5.41) is 14.3. The lowest BCUT2D eigenvalue weighted by atomic mass is 10.0. The number of nitrogens with one attached hydrogen (secondary N) is 4. The van der Waals surface area contributed by atoms with Gasteiger partial charge in [0.25, 0.3) is 11.8 Å². The lowest BCUT2D eigenvalue weighted by Gasteiger charge is -2.08. The van der Waals surface area contributed by atoms with Crippen LogP contribution in [0.1, 0.15) is 128 Å². The smallest absolute Gasteiger partial charge is 0.251 e. The number of carbonyl (C=O) groups excluding carboxylic acids is 4. The lowest BCUT2D eigenvalue weighted by Crippen LogP contribution is -2.25. The van der Waals surface area contributed by atoms with Crippen LogP contribution in [-0.4, -0.2) is 58.4 Å². The Hall–Kier alpha value is -6.04. The Kier molecular flexibility index (Phi) is 18.4. The molecule has 0 radical (unpaired) electrons. The maximum atomic E-state index is 12.1. The van der Waals surface area contributed by atoms with E-state index in [-0.39, 0.29) is 35.2 Å². The molecule has 0 saturated carbocycles. The third-order valence-electron chi connectivity index (χ3n) is 8.63. The molecule has 0 aliphatic rings. The van der Waals surface area contributed by atoms with Gasteiger partial charge >= 0.3 is 0 Å². The molecule has 0 atom stereocenters. The molecule has 0 spiro atoms. The van der Waals surface area contributed by atoms with Gasteiger partial charge in [-0.1, -0.05) is 79.7 Å². The summed E-state index contributed by atoms with van der Waals surface area (Å²) in [4.78, 5) is 56.5. The predicted molar refractivity (Wildman–Crippen MR) is 230 cm³/mol. The summed E-state index contributed by atoms with van der Waals surface area (Å²) < 4.78 is 0. The molecule has 0 aliphatic heterocycles. The molecular weight excluding hydrogens is 717 g/mol. The van der Waals surface area contributed by atoms with E-state index >= 15 is 0 Å². The molecule has 2 aromatic heterocycles. The van der Waals surface area contributed by atoms with Gasteiger partial charge in [-0.25, -0.2) is 9.97 Å². The van der Waals surface area contributed by atoms with Crippen molar-refractivity contribution in [2.75, 3.05) is 23.9 Å². The molecule has 4 aromatic rings. The molecule has 2 heterocycles. The fourth-order valence-electron chi connectivity index (χ4n) is 4.99. The second-order valence-electron chi connectivity index (χ2n) is 15.2. The molecule has 4 N–H and O–H groups in total. The zero-order valence-electron chi connectivity index (χ0n) is 34.7. The van der Waals surface area contributed by atoms with Crippen molar-refractivity contribution in [3.8, 4) is 0 Å². The third-order valence-corrected chi connectivity index (χ3v) is 8.63. The summed E-state index contributed by atoms with van der Waals surface area (Å²) in [5.74, 6) is 2.12. The number of benzene rings is 2. The number of nitrogens with zero attached hydrogens (tertiary/aromatic N) is 4. The summed E-state index contributed by atoms with van der Waals surface area (Å²) in [6, 6.07) is 21.5. The molecule has 0 bridgehead atoms. The van der Waals surface area contributed by atoms with Crippen LogP contribution in [0, 0.1) is 23.7 Å². The van der Waals surface area contributed by atoms with Crippen molar-refractivity contribution in [1.82, 2.24) is 20.6 Å². The van der Waals surface area contributed by atoms with Gasteiger partial charge in [0, 0.05) is 59.6 Å². The van der Waals surface area contributed by atoms with Crippen molar-refractivity contribution in [1.29, 1.82) is 0 Å². The molecular formula is C45H58N8O4. The average Bonchev–Trinajstić information content (AvgIpc) is 3.20. The summed E-state index contributed by atoms with van der Waals surface area (Å²) in [6.45, 7) is 19.2. The van der Waals surface area contributed by atoms with Crippen LogP contribution < -0.4 is 21.5 Å². The highest BCUT2D eigenvalue weighted by Gasteiger charge is 2.12. The normalized spacial score (nSPS) is 11.4. The van der Waals surface area contributed by atoms with E-state index in [2.05, 4.69) is 69.4 Å². The highest BCUT2D eigenvalue weighted by Crippen LogP contribution is 2.13. The van der Waals surface area contributed by atoms with E-state index in [0.717, 1.165) is 29.7 Å². The topological polar surface area (TPSA) is 167 Å². The van der Waals surface area contributed by atoms with E-state index in [4.69, 9.17) is 0 Å². The van der Waals surface area contributed by atoms with Crippen molar-refractivity contribution >= 4 is 46.9 Å². The molecule has 12 heteroatoms. The molecule has 12 nitrogen and oxygen atoms in total. The van der Waals surface area contributed by atoms with Gasteiger partial charge in [-0.2, -0.15) is 10.2 Å². The Bertz CT molecular complexity index is 1950. The minimum Gasteiger partial charge on any atom is -0.352 e. The fourth-order valence-corrected chi connectivity index (χ4v) is 4.99. The van der Waals surface area contributed by atoms with Gasteiger partial charge in [0.05, 0.1) is 11.9 Å². The second-order valence-corrected chi connectivity index (χ2v) is 15.2. The van der Waals surface area contributed by atoms with Crippen molar-refractivity contribution in [2.45, 2.75) is 75.2 Å². The number of amides is 2. The third kappa shape index (κ3) is 15.9. The second kappa shape index (κ2) is 23.1. The number of Topliss-reactive ketones (excluding diaryl/α,β-unsaturated/α-hetero) is 2. The summed E-state index contributed by atoms with van der Waals surface area (Å²) in [5.41, 5.74) is 10.7. The Morgan fingerprint density at radius 3 is 1.37 bits per heavy atom. The monoisotopic (exact) mass is 774 g/mol. The Labute approximate surface area is 337 Å². The number of carbonyl (C=O) groups is 4. The van der Waals surface area contributed by atoms with Crippen molar-refractivity contribution in [2.24, 2.45) is 33.9 Å². The standard InChI is InChI=1S/C23H30N4O2.C22H28N4O2/c1-15(2)12-13-24-23(29)19-8-6-18(7-9-19)17(5)26-27-21-11-10-20(14-25-21)22(28)16(3)4;1-15(2)11-12-23-22(28)18-7-5-17(6-8-18)13-25-26-20-10-9-19(14-24-20)21(27)16(3)4/h6-11,14-16H,12-13H2,1-5H3,(H,24,29)(H,25,27);5-10,13-16H,11-12H2,1-4H3,(H,23,28)(H,24,26)/b26-17+;25-13+. The molecule has 0 aliphatic carbocycles. The van der Waals surface area contributed by atoms with Gasteiger partial charge in [-0.05, 0) is 91.3 Å². The Balaban J connectivity index is 0.000000306. The largest absolute Gasteiger partial charge is 0.352 e. The van der Waals surface area contributed by atoms with Gasteiger partial charge in [-0.3, -0.25) is 30.0 Å². The van der Waals surface area contributed by atoms with Crippen LogP contribution in [0.5, 0.6) is 0 Å². The lowest BCUT2D eigenvalue weighted by molar-refractivity contribution is 0.0932. The highest BCUT2D eigenvalue weighted by molar-refractivity contribution is 6.01. The van der Waals surface area contributed by atoms with Crippen LogP contribution in [0.25, 0.3) is 0 Å². The predicted octanol–water partition coefficient (Wildman–Crippen LogP) is 8.67. The summed E-state index contributed by atoms with van der Waals surface area (Å²) >= 11 is 0. The summed E-state index contributed by atoms with van der Waals surface area (Å²) in [7, 11) is 0. The Morgan fingerprint density at radius 2 is 0.965 bits per heavy atom. The van der Waals surface area contributed by atoms with E-state index < -0.39 is 0 Å². The van der Waals surface area contributed by atoms with Crippen molar-refractivity contribution < 1.29 is 19.2 Å². The van der Waals surface area contributed by atoms with Gasteiger partial charge in [0.1, 0.15) is 11.6 Å². The van der Waals surface area contributed by atoms with E-state index in [1.807, 2.05) is 58.9 Å². The number of ketones is 2. The van der Waals surface area contributed by atoms with Crippen LogP contribution in [0.2, 0.25) is 0 Å². The number of rotatable bonds is 18. The maximum Gasteiger partial charge on any atom is 0.251 e. The first-order chi connectivity index (χ1) is 27.1.